The summed E-state index contributed by atoms with van der Waals surface area (Å²) in [7, 11) is 1.55. The Morgan fingerprint density at radius 2 is 1.70 bits per heavy atom. The highest BCUT2D eigenvalue weighted by Crippen LogP contribution is 2.35. The molecule has 3 aromatic carbocycles. The van der Waals surface area contributed by atoms with E-state index in [0.717, 1.165) is 11.1 Å². The molecule has 0 spiro atoms. The molecule has 0 aliphatic rings. The van der Waals surface area contributed by atoms with Gasteiger partial charge >= 0.3 is 5.97 Å². The third-order valence-electron chi connectivity index (χ3n) is 4.36. The van der Waals surface area contributed by atoms with E-state index in [4.69, 9.17) is 49.4 Å². The van der Waals surface area contributed by atoms with Crippen molar-refractivity contribution >= 4 is 46.5 Å². The number of aromatic carboxylic acids is 1. The van der Waals surface area contributed by atoms with Crippen molar-refractivity contribution < 1.29 is 19.4 Å². The molecule has 5 nitrogen and oxygen atoms in total. The summed E-state index contributed by atoms with van der Waals surface area (Å²) in [5, 5.41) is 13.5. The van der Waals surface area contributed by atoms with E-state index in [2.05, 4.69) is 5.32 Å². The van der Waals surface area contributed by atoms with Crippen LogP contribution in [0.1, 0.15) is 21.5 Å². The van der Waals surface area contributed by atoms with E-state index in [1.165, 1.54) is 6.07 Å². The Kier molecular flexibility index (Phi) is 7.32. The van der Waals surface area contributed by atoms with Gasteiger partial charge in [0.2, 0.25) is 0 Å². The van der Waals surface area contributed by atoms with Crippen LogP contribution < -0.4 is 14.8 Å². The number of halogens is 3. The number of hydrogen-bond acceptors (Lipinski definition) is 4. The highest BCUT2D eigenvalue weighted by Gasteiger charge is 2.13. The lowest BCUT2D eigenvalue weighted by Gasteiger charge is -2.15. The summed E-state index contributed by atoms with van der Waals surface area (Å²) >= 11 is 18.6. The smallest absolute Gasteiger partial charge is 0.337 e. The van der Waals surface area contributed by atoms with Crippen molar-refractivity contribution in [3.63, 3.8) is 0 Å². The maximum atomic E-state index is 11.1. The maximum Gasteiger partial charge on any atom is 0.337 e. The fourth-order valence-corrected chi connectivity index (χ4v) is 3.42. The third-order valence-corrected chi connectivity index (χ3v) is 5.39. The number of nitrogens with one attached hydrogen (secondary N) is 1. The van der Waals surface area contributed by atoms with Crippen LogP contribution in [0.4, 0.5) is 5.69 Å². The fourth-order valence-electron chi connectivity index (χ4n) is 2.75. The molecule has 0 aliphatic heterocycles. The number of ether oxygens (including phenoxy) is 2. The molecule has 3 aromatic rings. The van der Waals surface area contributed by atoms with Gasteiger partial charge in [0.05, 0.1) is 17.7 Å². The molecule has 0 radical (unpaired) electrons. The standard InChI is InChI=1S/C22H18Cl3NO4/c1-29-20-8-14(11-26-15-6-7-16(22(27)28)19(25)9-15)18(24)10-21(20)30-12-13-4-2-3-5-17(13)23/h2-10,26H,11-12H2,1H3,(H,27,28). The van der Waals surface area contributed by atoms with Gasteiger partial charge in [0.15, 0.2) is 11.5 Å². The summed E-state index contributed by atoms with van der Waals surface area (Å²) in [6, 6.07) is 15.5. The van der Waals surface area contributed by atoms with Crippen molar-refractivity contribution in [2.24, 2.45) is 0 Å². The lowest BCUT2D eigenvalue weighted by Crippen LogP contribution is -2.04. The number of anilines is 1. The van der Waals surface area contributed by atoms with Gasteiger partial charge in [-0.15, -0.1) is 0 Å². The number of carbonyl (C=O) groups is 1. The maximum absolute atomic E-state index is 11.1. The molecule has 2 N–H and O–H groups in total. The second-order valence-corrected chi connectivity index (χ2v) is 7.55. The summed E-state index contributed by atoms with van der Waals surface area (Å²) < 4.78 is 11.3. The van der Waals surface area contributed by atoms with Crippen molar-refractivity contribution in [2.45, 2.75) is 13.2 Å². The fraction of sp³-hybridized carbons (Fsp3) is 0.136. The average molecular weight is 467 g/mol. The van der Waals surface area contributed by atoms with Crippen molar-refractivity contribution in [1.29, 1.82) is 0 Å². The van der Waals surface area contributed by atoms with Crippen LogP contribution in [0.2, 0.25) is 15.1 Å². The molecule has 0 fully saturated rings. The van der Waals surface area contributed by atoms with Gasteiger partial charge in [-0.1, -0.05) is 53.0 Å². The quantitative estimate of drug-likeness (QED) is 0.394. The van der Waals surface area contributed by atoms with Crippen LogP contribution in [0.5, 0.6) is 11.5 Å². The van der Waals surface area contributed by atoms with Crippen LogP contribution in [-0.2, 0) is 13.2 Å². The van der Waals surface area contributed by atoms with E-state index in [-0.39, 0.29) is 17.2 Å². The lowest BCUT2D eigenvalue weighted by molar-refractivity contribution is 0.0697. The lowest BCUT2D eigenvalue weighted by atomic mass is 10.1. The van der Waals surface area contributed by atoms with E-state index in [1.54, 1.807) is 37.4 Å². The molecule has 0 saturated carbocycles. The van der Waals surface area contributed by atoms with E-state index in [9.17, 15) is 4.79 Å². The van der Waals surface area contributed by atoms with Gasteiger partial charge in [0, 0.05) is 33.9 Å². The van der Waals surface area contributed by atoms with Crippen molar-refractivity contribution in [3.8, 4) is 11.5 Å². The minimum absolute atomic E-state index is 0.0435. The van der Waals surface area contributed by atoms with Gasteiger partial charge in [0.25, 0.3) is 0 Å². The summed E-state index contributed by atoms with van der Waals surface area (Å²) in [5.41, 5.74) is 2.34. The highest BCUT2D eigenvalue weighted by atomic mass is 35.5. The molecule has 0 unspecified atom stereocenters. The topological polar surface area (TPSA) is 67.8 Å². The number of carboxylic acids is 1. The molecule has 0 amide bonds. The van der Waals surface area contributed by atoms with Crippen LogP contribution in [-0.4, -0.2) is 18.2 Å². The molecule has 0 aliphatic carbocycles. The highest BCUT2D eigenvalue weighted by molar-refractivity contribution is 6.33. The number of hydrogen-bond donors (Lipinski definition) is 2. The number of methoxy groups -OCH3 is 1. The summed E-state index contributed by atoms with van der Waals surface area (Å²) in [6.07, 6.45) is 0. The predicted molar refractivity (Wildman–Crippen MR) is 120 cm³/mol. The van der Waals surface area contributed by atoms with Crippen LogP contribution in [0.3, 0.4) is 0 Å². The first-order valence-corrected chi connectivity index (χ1v) is 10.0. The third kappa shape index (κ3) is 5.30. The van der Waals surface area contributed by atoms with E-state index in [0.29, 0.717) is 33.8 Å². The first-order chi connectivity index (χ1) is 14.4. The monoisotopic (exact) mass is 465 g/mol. The van der Waals surface area contributed by atoms with Crippen LogP contribution in [0.15, 0.2) is 54.6 Å². The Balaban J connectivity index is 1.73. The summed E-state index contributed by atoms with van der Waals surface area (Å²) in [6.45, 7) is 0.654. The van der Waals surface area contributed by atoms with E-state index < -0.39 is 5.97 Å². The zero-order valence-electron chi connectivity index (χ0n) is 15.9. The average Bonchev–Trinajstić information content (AvgIpc) is 2.72. The van der Waals surface area contributed by atoms with Crippen molar-refractivity contribution in [3.05, 3.63) is 86.4 Å². The normalized spacial score (nSPS) is 10.5. The first-order valence-electron chi connectivity index (χ1n) is 8.88. The molecule has 0 heterocycles. The molecule has 0 bridgehead atoms. The van der Waals surface area contributed by atoms with Crippen LogP contribution >= 0.6 is 34.8 Å². The Labute approximate surface area is 189 Å². The van der Waals surface area contributed by atoms with Gasteiger partial charge in [-0.05, 0) is 35.9 Å². The number of benzene rings is 3. The van der Waals surface area contributed by atoms with Crippen LogP contribution in [0, 0.1) is 0 Å². The minimum atomic E-state index is -1.08. The molecular weight excluding hydrogens is 449 g/mol. The Morgan fingerprint density at radius 1 is 0.933 bits per heavy atom. The molecule has 0 aromatic heterocycles. The van der Waals surface area contributed by atoms with Crippen molar-refractivity contribution in [2.75, 3.05) is 12.4 Å². The summed E-state index contributed by atoms with van der Waals surface area (Å²) in [4.78, 5) is 11.1. The Morgan fingerprint density at radius 3 is 2.37 bits per heavy atom. The molecule has 8 heteroatoms. The van der Waals surface area contributed by atoms with E-state index in [1.807, 2.05) is 18.2 Å². The number of carboxylic acid groups (broad SMARTS) is 1. The largest absolute Gasteiger partial charge is 0.493 e. The second kappa shape index (κ2) is 9.94. The summed E-state index contributed by atoms with van der Waals surface area (Å²) in [5.74, 6) is -0.0470. The molecular formula is C22H18Cl3NO4. The minimum Gasteiger partial charge on any atom is -0.493 e. The first kappa shape index (κ1) is 22.1. The van der Waals surface area contributed by atoms with Gasteiger partial charge < -0.3 is 19.9 Å². The SMILES string of the molecule is COc1cc(CNc2ccc(C(=O)O)c(Cl)c2)c(Cl)cc1OCc1ccccc1Cl. The van der Waals surface area contributed by atoms with E-state index >= 15 is 0 Å². The number of rotatable bonds is 8. The molecule has 3 rings (SSSR count). The zero-order chi connectivity index (χ0) is 21.7. The molecule has 156 valence electrons. The van der Waals surface area contributed by atoms with Gasteiger partial charge in [-0.3, -0.25) is 0 Å². The Hall–Kier alpha value is -2.60. The Bertz CT molecular complexity index is 1070. The second-order valence-electron chi connectivity index (χ2n) is 6.33. The van der Waals surface area contributed by atoms with Gasteiger partial charge in [0.1, 0.15) is 6.61 Å². The zero-order valence-corrected chi connectivity index (χ0v) is 18.2. The molecule has 30 heavy (non-hydrogen) atoms. The van der Waals surface area contributed by atoms with Gasteiger partial charge in [-0.2, -0.15) is 0 Å². The van der Waals surface area contributed by atoms with Crippen LogP contribution in [0.25, 0.3) is 0 Å². The predicted octanol–water partition coefficient (Wildman–Crippen LogP) is 6.54. The molecule has 0 saturated heterocycles. The van der Waals surface area contributed by atoms with Gasteiger partial charge in [-0.25, -0.2) is 4.79 Å². The van der Waals surface area contributed by atoms with Crippen molar-refractivity contribution in [1.82, 2.24) is 0 Å². The molecule has 0 atom stereocenters.